The van der Waals surface area contributed by atoms with Gasteiger partial charge in [-0.25, -0.2) is 9.18 Å². The van der Waals surface area contributed by atoms with Crippen molar-refractivity contribution in [1.82, 2.24) is 14.7 Å². The number of nitrogens with zero attached hydrogens (tertiary/aromatic N) is 4. The lowest BCUT2D eigenvalue weighted by Gasteiger charge is -2.36. The highest BCUT2D eigenvalue weighted by Gasteiger charge is 2.37. The number of urea groups is 1. The van der Waals surface area contributed by atoms with Gasteiger partial charge in [0.15, 0.2) is 0 Å². The van der Waals surface area contributed by atoms with Crippen LogP contribution in [0.25, 0.3) is 0 Å². The van der Waals surface area contributed by atoms with E-state index in [0.717, 1.165) is 75.1 Å². The molecule has 5 nitrogen and oxygen atoms in total. The molecule has 182 valence electrons. The molecule has 0 bridgehead atoms. The quantitative estimate of drug-likeness (QED) is 0.536. The Morgan fingerprint density at radius 1 is 1.00 bits per heavy atom. The van der Waals surface area contributed by atoms with Crippen LogP contribution < -0.4 is 4.90 Å². The Kier molecular flexibility index (Phi) is 6.72. The van der Waals surface area contributed by atoms with Crippen molar-refractivity contribution in [2.24, 2.45) is 5.92 Å². The molecule has 0 saturated carbocycles. The van der Waals surface area contributed by atoms with E-state index in [1.54, 1.807) is 0 Å². The van der Waals surface area contributed by atoms with E-state index in [1.165, 1.54) is 17.7 Å². The first-order valence-electron chi connectivity index (χ1n) is 12.5. The van der Waals surface area contributed by atoms with E-state index in [1.807, 2.05) is 34.1 Å². The number of hydrogen-bond donors (Lipinski definition) is 0. The summed E-state index contributed by atoms with van der Waals surface area (Å²) in [4.78, 5) is 21.3. The SMILES string of the molecule is CC(C)N1CCN(CCN2CCC(C3CN(c4ccc(F)cc4)c4cc(Cl)ccc43)CC2)C1=O. The van der Waals surface area contributed by atoms with Crippen LogP contribution in [-0.2, 0) is 0 Å². The summed E-state index contributed by atoms with van der Waals surface area (Å²) in [5.74, 6) is 0.830. The fourth-order valence-corrected chi connectivity index (χ4v) is 6.02. The summed E-state index contributed by atoms with van der Waals surface area (Å²) in [5.41, 5.74) is 3.51. The molecule has 2 saturated heterocycles. The molecule has 0 N–H and O–H groups in total. The Hall–Kier alpha value is -2.31. The molecule has 3 heterocycles. The molecular weight excluding hydrogens is 451 g/mol. The minimum absolute atomic E-state index is 0.187. The third-order valence-electron chi connectivity index (χ3n) is 7.84. The van der Waals surface area contributed by atoms with Gasteiger partial charge < -0.3 is 19.6 Å². The standard InChI is InChI=1S/C27H34ClFN4O/c1-19(2)32-16-15-31(27(32)34)14-13-30-11-9-20(10-12-30)25-18-33(23-6-4-22(29)5-7-23)26-17-21(28)3-8-24(25)26/h3-8,17,19-20,25H,9-16,18H2,1-2H3. The molecule has 0 spiro atoms. The summed E-state index contributed by atoms with van der Waals surface area (Å²) in [6, 6.07) is 13.4. The first-order valence-corrected chi connectivity index (χ1v) is 12.9. The van der Waals surface area contributed by atoms with Crippen LogP contribution in [0.3, 0.4) is 0 Å². The summed E-state index contributed by atoms with van der Waals surface area (Å²) < 4.78 is 13.5. The van der Waals surface area contributed by atoms with Gasteiger partial charge in [0.25, 0.3) is 0 Å². The number of rotatable bonds is 6. The predicted molar refractivity (Wildman–Crippen MR) is 136 cm³/mol. The minimum Gasteiger partial charge on any atom is -0.341 e. The number of benzene rings is 2. The van der Waals surface area contributed by atoms with E-state index in [4.69, 9.17) is 11.6 Å². The van der Waals surface area contributed by atoms with Gasteiger partial charge in [0.05, 0.1) is 0 Å². The number of hydrogen-bond acceptors (Lipinski definition) is 3. The zero-order valence-electron chi connectivity index (χ0n) is 20.1. The Morgan fingerprint density at radius 2 is 1.74 bits per heavy atom. The normalized spacial score (nSPS) is 21.7. The number of fused-ring (bicyclic) bond motifs is 1. The van der Waals surface area contributed by atoms with Crippen molar-refractivity contribution in [3.63, 3.8) is 0 Å². The molecule has 34 heavy (non-hydrogen) atoms. The summed E-state index contributed by atoms with van der Waals surface area (Å²) in [5, 5.41) is 0.730. The van der Waals surface area contributed by atoms with Crippen molar-refractivity contribution in [3.05, 3.63) is 58.9 Å². The van der Waals surface area contributed by atoms with Crippen molar-refractivity contribution in [3.8, 4) is 0 Å². The third-order valence-corrected chi connectivity index (χ3v) is 8.07. The average molecular weight is 485 g/mol. The molecule has 0 aromatic heterocycles. The highest BCUT2D eigenvalue weighted by Crippen LogP contribution is 2.47. The van der Waals surface area contributed by atoms with Gasteiger partial charge in [-0.15, -0.1) is 0 Å². The first-order chi connectivity index (χ1) is 16.4. The third kappa shape index (κ3) is 4.63. The van der Waals surface area contributed by atoms with E-state index in [0.29, 0.717) is 11.8 Å². The number of halogens is 2. The Bertz CT molecular complexity index is 1020. The maximum absolute atomic E-state index is 13.5. The van der Waals surface area contributed by atoms with Crippen LogP contribution in [0.2, 0.25) is 5.02 Å². The van der Waals surface area contributed by atoms with Gasteiger partial charge in [0.2, 0.25) is 0 Å². The van der Waals surface area contributed by atoms with Crippen molar-refractivity contribution < 1.29 is 9.18 Å². The number of anilines is 2. The second-order valence-electron chi connectivity index (χ2n) is 10.1. The van der Waals surface area contributed by atoms with Gasteiger partial charge in [0.1, 0.15) is 5.82 Å². The van der Waals surface area contributed by atoms with Crippen LogP contribution in [0.15, 0.2) is 42.5 Å². The van der Waals surface area contributed by atoms with Gasteiger partial charge >= 0.3 is 6.03 Å². The fraction of sp³-hybridized carbons (Fsp3) is 0.519. The van der Waals surface area contributed by atoms with Crippen molar-refractivity contribution in [2.45, 2.75) is 38.6 Å². The van der Waals surface area contributed by atoms with E-state index in [9.17, 15) is 9.18 Å². The largest absolute Gasteiger partial charge is 0.341 e. The average Bonchev–Trinajstić information content (AvgIpc) is 3.39. The van der Waals surface area contributed by atoms with Gasteiger partial charge in [-0.05, 0) is 87.7 Å². The monoisotopic (exact) mass is 484 g/mol. The molecule has 2 aromatic carbocycles. The highest BCUT2D eigenvalue weighted by atomic mass is 35.5. The molecule has 7 heteroatoms. The van der Waals surface area contributed by atoms with Crippen LogP contribution >= 0.6 is 11.6 Å². The highest BCUT2D eigenvalue weighted by molar-refractivity contribution is 6.31. The number of piperidine rings is 1. The summed E-state index contributed by atoms with van der Waals surface area (Å²) in [7, 11) is 0. The van der Waals surface area contributed by atoms with E-state index in [2.05, 4.69) is 29.7 Å². The number of amides is 2. The van der Waals surface area contributed by atoms with Crippen LogP contribution in [0.1, 0.15) is 38.2 Å². The topological polar surface area (TPSA) is 30.0 Å². The molecule has 0 radical (unpaired) electrons. The second-order valence-corrected chi connectivity index (χ2v) is 10.6. The summed E-state index contributed by atoms with van der Waals surface area (Å²) >= 11 is 6.35. The van der Waals surface area contributed by atoms with Gasteiger partial charge in [-0.1, -0.05) is 17.7 Å². The molecule has 1 unspecified atom stereocenters. The predicted octanol–water partition coefficient (Wildman–Crippen LogP) is 5.57. The summed E-state index contributed by atoms with van der Waals surface area (Å²) in [6.45, 7) is 10.6. The van der Waals surface area contributed by atoms with Crippen molar-refractivity contribution in [1.29, 1.82) is 0 Å². The fourth-order valence-electron chi connectivity index (χ4n) is 5.86. The molecule has 1 atom stereocenters. The Balaban J connectivity index is 1.20. The lowest BCUT2D eigenvalue weighted by Crippen LogP contribution is -2.42. The molecule has 2 amide bonds. The lowest BCUT2D eigenvalue weighted by atomic mass is 9.81. The molecule has 0 aliphatic carbocycles. The van der Waals surface area contributed by atoms with Crippen molar-refractivity contribution >= 4 is 29.0 Å². The first kappa shape index (κ1) is 23.4. The molecule has 5 rings (SSSR count). The van der Waals surface area contributed by atoms with Crippen LogP contribution in [0.4, 0.5) is 20.6 Å². The van der Waals surface area contributed by atoms with E-state index in [-0.39, 0.29) is 17.9 Å². The molecule has 2 aromatic rings. The van der Waals surface area contributed by atoms with Gasteiger partial charge in [0, 0.05) is 61.1 Å². The van der Waals surface area contributed by atoms with Gasteiger partial charge in [-0.3, -0.25) is 0 Å². The van der Waals surface area contributed by atoms with E-state index >= 15 is 0 Å². The van der Waals surface area contributed by atoms with Crippen LogP contribution in [0, 0.1) is 11.7 Å². The Labute approximate surface area is 207 Å². The molecule has 3 aliphatic rings. The minimum atomic E-state index is -0.217. The van der Waals surface area contributed by atoms with Crippen molar-refractivity contribution in [2.75, 3.05) is 50.7 Å². The zero-order chi connectivity index (χ0) is 23.8. The molecular formula is C27H34ClFN4O. The second kappa shape index (κ2) is 9.74. The summed E-state index contributed by atoms with van der Waals surface area (Å²) in [6.07, 6.45) is 2.30. The number of carbonyl (C=O) groups excluding carboxylic acids is 1. The zero-order valence-corrected chi connectivity index (χ0v) is 20.8. The maximum atomic E-state index is 13.5. The molecule has 2 fully saturated rings. The maximum Gasteiger partial charge on any atom is 0.320 e. The lowest BCUT2D eigenvalue weighted by molar-refractivity contribution is 0.149. The van der Waals surface area contributed by atoms with Crippen LogP contribution in [0.5, 0.6) is 0 Å². The van der Waals surface area contributed by atoms with E-state index < -0.39 is 0 Å². The van der Waals surface area contributed by atoms with Crippen LogP contribution in [-0.4, -0.2) is 72.6 Å². The number of carbonyl (C=O) groups is 1. The Morgan fingerprint density at radius 3 is 2.41 bits per heavy atom. The number of likely N-dealkylation sites (tertiary alicyclic amines) is 1. The molecule has 3 aliphatic heterocycles. The van der Waals surface area contributed by atoms with Gasteiger partial charge in [-0.2, -0.15) is 0 Å². The smallest absolute Gasteiger partial charge is 0.320 e.